The Morgan fingerprint density at radius 3 is 2.81 bits per heavy atom. The molecule has 7 nitrogen and oxygen atoms in total. The van der Waals surface area contributed by atoms with Crippen molar-refractivity contribution in [1.29, 1.82) is 0 Å². The number of nitrogens with one attached hydrogen (secondary N) is 1. The second-order valence-corrected chi connectivity index (χ2v) is 7.97. The number of anilines is 1. The van der Waals surface area contributed by atoms with Crippen LogP contribution in [-0.2, 0) is 6.54 Å². The molecule has 1 aromatic carbocycles. The summed E-state index contributed by atoms with van der Waals surface area (Å²) in [5, 5.41) is 11.9. The topological polar surface area (TPSA) is 73.6 Å². The zero-order valence-corrected chi connectivity index (χ0v) is 17.1. The van der Waals surface area contributed by atoms with Gasteiger partial charge in [0, 0.05) is 35.1 Å². The minimum atomic E-state index is -0.246. The van der Waals surface area contributed by atoms with E-state index in [0.29, 0.717) is 42.5 Å². The monoisotopic (exact) mass is 417 g/mol. The van der Waals surface area contributed by atoms with Crippen LogP contribution in [0.1, 0.15) is 28.3 Å². The predicted octanol–water partition coefficient (Wildman–Crippen LogP) is 4.03. The SMILES string of the molecule is Cc1nccc(-c2cc3c(n4cnnc24)NCc2c(F)ccc4c2[C@@H](CO4)CO3)c1C. The molecule has 156 valence electrons. The van der Waals surface area contributed by atoms with Gasteiger partial charge < -0.3 is 14.8 Å². The van der Waals surface area contributed by atoms with Crippen molar-refractivity contribution >= 4 is 11.5 Å². The zero-order valence-electron chi connectivity index (χ0n) is 17.1. The van der Waals surface area contributed by atoms with E-state index < -0.39 is 0 Å². The number of pyridine rings is 2. The Hall–Kier alpha value is -3.68. The van der Waals surface area contributed by atoms with Crippen LogP contribution in [0.3, 0.4) is 0 Å². The average molecular weight is 417 g/mol. The molecule has 0 saturated heterocycles. The highest BCUT2D eigenvalue weighted by atomic mass is 19.1. The summed E-state index contributed by atoms with van der Waals surface area (Å²) in [4.78, 5) is 4.38. The number of hydrogen-bond acceptors (Lipinski definition) is 6. The van der Waals surface area contributed by atoms with Crippen LogP contribution < -0.4 is 14.8 Å². The molecule has 4 aromatic rings. The quantitative estimate of drug-likeness (QED) is 0.504. The molecule has 0 radical (unpaired) electrons. The highest BCUT2D eigenvalue weighted by Crippen LogP contribution is 2.42. The maximum absolute atomic E-state index is 14.7. The molecule has 8 heteroatoms. The Balaban J connectivity index is 1.54. The highest BCUT2D eigenvalue weighted by molar-refractivity contribution is 5.83. The van der Waals surface area contributed by atoms with E-state index in [4.69, 9.17) is 9.47 Å². The Bertz CT molecular complexity index is 1350. The van der Waals surface area contributed by atoms with Gasteiger partial charge in [0.25, 0.3) is 0 Å². The predicted molar refractivity (Wildman–Crippen MR) is 113 cm³/mol. The van der Waals surface area contributed by atoms with Crippen LogP contribution in [0.5, 0.6) is 11.5 Å². The lowest BCUT2D eigenvalue weighted by Crippen LogP contribution is -2.13. The molecule has 0 saturated carbocycles. The molecule has 0 fully saturated rings. The highest BCUT2D eigenvalue weighted by Gasteiger charge is 2.31. The van der Waals surface area contributed by atoms with E-state index in [1.165, 1.54) is 6.07 Å². The van der Waals surface area contributed by atoms with Gasteiger partial charge in [0.2, 0.25) is 0 Å². The van der Waals surface area contributed by atoms with E-state index in [1.807, 2.05) is 30.4 Å². The third-order valence-corrected chi connectivity index (χ3v) is 6.27. The van der Waals surface area contributed by atoms with Crippen molar-refractivity contribution in [3.8, 4) is 22.6 Å². The van der Waals surface area contributed by atoms with E-state index in [2.05, 4.69) is 20.5 Å². The van der Waals surface area contributed by atoms with Crippen LogP contribution >= 0.6 is 0 Å². The molecular weight excluding hydrogens is 397 g/mol. The first kappa shape index (κ1) is 18.1. The first-order valence-electron chi connectivity index (χ1n) is 10.2. The van der Waals surface area contributed by atoms with E-state index >= 15 is 0 Å². The number of benzene rings is 1. The van der Waals surface area contributed by atoms with Gasteiger partial charge in [-0.3, -0.25) is 9.38 Å². The smallest absolute Gasteiger partial charge is 0.170 e. The summed E-state index contributed by atoms with van der Waals surface area (Å²) < 4.78 is 28.7. The summed E-state index contributed by atoms with van der Waals surface area (Å²) in [6.45, 7) is 5.21. The summed E-state index contributed by atoms with van der Waals surface area (Å²) in [5.74, 6) is 1.82. The molecule has 0 amide bonds. The fourth-order valence-corrected chi connectivity index (χ4v) is 4.51. The number of aromatic nitrogens is 4. The van der Waals surface area contributed by atoms with Gasteiger partial charge in [-0.2, -0.15) is 0 Å². The molecule has 0 bridgehead atoms. The van der Waals surface area contributed by atoms with E-state index in [-0.39, 0.29) is 11.7 Å². The van der Waals surface area contributed by atoms with Crippen molar-refractivity contribution in [2.24, 2.45) is 0 Å². The third kappa shape index (κ3) is 2.67. The number of halogens is 1. The van der Waals surface area contributed by atoms with Crippen molar-refractivity contribution in [3.63, 3.8) is 0 Å². The fourth-order valence-electron chi connectivity index (χ4n) is 4.51. The van der Waals surface area contributed by atoms with Crippen molar-refractivity contribution in [2.75, 3.05) is 18.5 Å². The molecule has 6 rings (SSSR count). The number of hydrogen-bond donors (Lipinski definition) is 1. The second kappa shape index (κ2) is 6.66. The number of fused-ring (bicyclic) bond motifs is 3. The molecule has 2 aliphatic rings. The molecular formula is C23H20FN5O2. The third-order valence-electron chi connectivity index (χ3n) is 6.27. The molecule has 3 aromatic heterocycles. The maximum atomic E-state index is 14.7. The molecule has 0 spiro atoms. The Morgan fingerprint density at radius 1 is 1.10 bits per heavy atom. The van der Waals surface area contributed by atoms with Gasteiger partial charge in [0.05, 0.1) is 19.1 Å². The van der Waals surface area contributed by atoms with Crippen molar-refractivity contribution in [3.05, 3.63) is 65.0 Å². The molecule has 5 heterocycles. The molecule has 0 aliphatic carbocycles. The molecule has 31 heavy (non-hydrogen) atoms. The standard InChI is InChI=1S/C23H20FN5O2/c1-12-13(2)25-6-5-15(12)16-7-20-23(29-11-27-28-22(16)29)26-8-17-18(24)3-4-19-21(17)14(9-30-19)10-31-20/h3-7,11,14,26H,8-10H2,1-2H3/t14-/m0/s1. The summed E-state index contributed by atoms with van der Waals surface area (Å²) in [6.07, 6.45) is 3.44. The molecule has 1 atom stereocenters. The van der Waals surface area contributed by atoms with Crippen molar-refractivity contribution in [1.82, 2.24) is 19.6 Å². The van der Waals surface area contributed by atoms with Crippen molar-refractivity contribution < 1.29 is 13.9 Å². The minimum Gasteiger partial charge on any atom is -0.493 e. The van der Waals surface area contributed by atoms with Gasteiger partial charge in [0.15, 0.2) is 17.2 Å². The van der Waals surface area contributed by atoms with Crippen LogP contribution in [0.15, 0.2) is 36.8 Å². The summed E-state index contributed by atoms with van der Waals surface area (Å²) in [7, 11) is 0. The average Bonchev–Trinajstić information content (AvgIpc) is 3.41. The van der Waals surface area contributed by atoms with Crippen LogP contribution in [0, 0.1) is 19.7 Å². The van der Waals surface area contributed by atoms with E-state index in [9.17, 15) is 4.39 Å². The number of rotatable bonds is 1. The van der Waals surface area contributed by atoms with Gasteiger partial charge >= 0.3 is 0 Å². The Morgan fingerprint density at radius 2 is 1.94 bits per heavy atom. The van der Waals surface area contributed by atoms with Crippen molar-refractivity contribution in [2.45, 2.75) is 26.3 Å². The first-order chi connectivity index (χ1) is 15.1. The van der Waals surface area contributed by atoms with Gasteiger partial charge in [-0.25, -0.2) is 4.39 Å². The molecule has 2 aliphatic heterocycles. The molecule has 0 unspecified atom stereocenters. The van der Waals surface area contributed by atoms with Crippen LogP contribution in [0.2, 0.25) is 0 Å². The van der Waals surface area contributed by atoms with E-state index in [0.717, 1.165) is 33.7 Å². The summed E-state index contributed by atoms with van der Waals surface area (Å²) >= 11 is 0. The van der Waals surface area contributed by atoms with Crippen LogP contribution in [0.25, 0.3) is 16.8 Å². The fraction of sp³-hybridized carbons (Fsp3) is 0.261. The summed E-state index contributed by atoms with van der Waals surface area (Å²) in [5.41, 5.74) is 6.17. The number of nitrogens with zero attached hydrogens (tertiary/aromatic N) is 4. The minimum absolute atomic E-state index is 0.0292. The lowest BCUT2D eigenvalue weighted by atomic mass is 9.96. The van der Waals surface area contributed by atoms with Gasteiger partial charge in [-0.1, -0.05) is 0 Å². The first-order valence-corrected chi connectivity index (χ1v) is 10.2. The van der Waals surface area contributed by atoms with Crippen LogP contribution in [-0.4, -0.2) is 32.8 Å². The lowest BCUT2D eigenvalue weighted by molar-refractivity contribution is 0.249. The molecule has 1 N–H and O–H groups in total. The Labute approximate surface area is 177 Å². The summed E-state index contributed by atoms with van der Waals surface area (Å²) in [6, 6.07) is 7.12. The normalized spacial score (nSPS) is 16.9. The van der Waals surface area contributed by atoms with Gasteiger partial charge in [-0.15, -0.1) is 10.2 Å². The van der Waals surface area contributed by atoms with Crippen LogP contribution in [0.4, 0.5) is 10.2 Å². The maximum Gasteiger partial charge on any atom is 0.170 e. The lowest BCUT2D eigenvalue weighted by Gasteiger charge is -2.17. The largest absolute Gasteiger partial charge is 0.493 e. The Kier molecular flexibility index (Phi) is 3.89. The zero-order chi connectivity index (χ0) is 21.1. The van der Waals surface area contributed by atoms with Gasteiger partial charge in [-0.05, 0) is 49.2 Å². The van der Waals surface area contributed by atoms with E-state index in [1.54, 1.807) is 18.6 Å². The number of ether oxygens (including phenoxy) is 2. The second-order valence-electron chi connectivity index (χ2n) is 7.97. The van der Waals surface area contributed by atoms with Gasteiger partial charge in [0.1, 0.15) is 17.9 Å². The number of aryl methyl sites for hydroxylation is 1.